The van der Waals surface area contributed by atoms with Gasteiger partial charge in [-0.2, -0.15) is 5.10 Å². The van der Waals surface area contributed by atoms with E-state index >= 15 is 0 Å². The second-order valence-electron chi connectivity index (χ2n) is 8.45. The van der Waals surface area contributed by atoms with Gasteiger partial charge in [0, 0.05) is 36.5 Å². The Morgan fingerprint density at radius 3 is 2.81 bits per heavy atom. The molecule has 4 aromatic rings. The Balaban J connectivity index is 1.37. The number of para-hydroxylation sites is 1. The van der Waals surface area contributed by atoms with Gasteiger partial charge in [0.15, 0.2) is 0 Å². The highest BCUT2D eigenvalue weighted by Crippen LogP contribution is 2.32. The second-order valence-corrected chi connectivity index (χ2v) is 8.45. The third-order valence-corrected chi connectivity index (χ3v) is 5.74. The lowest BCUT2D eigenvalue weighted by molar-refractivity contribution is 0.184. The Kier molecular flexibility index (Phi) is 5.77. The van der Waals surface area contributed by atoms with Gasteiger partial charge in [0.2, 0.25) is 0 Å². The van der Waals surface area contributed by atoms with Crippen molar-refractivity contribution in [1.29, 1.82) is 0 Å². The van der Waals surface area contributed by atoms with Crippen LogP contribution in [0.4, 0.5) is 5.69 Å². The van der Waals surface area contributed by atoms with E-state index in [1.165, 1.54) is 5.56 Å². The first-order valence-electron chi connectivity index (χ1n) is 11.2. The standard InChI is InChI=1S/C26H28N4O2/c1-18(2)32-22-8-6-19(7-9-22)14-28-25-5-3-4-24-23(10-12-27-26(24)25)20-15-29-30(16-20)21-11-13-31-17-21/h3-10,12,15-16,18,21,28H,11,13-14,17H2,1-2H3. The molecule has 2 aromatic heterocycles. The quantitative estimate of drug-likeness (QED) is 0.424. The van der Waals surface area contributed by atoms with Crippen molar-refractivity contribution in [2.24, 2.45) is 0 Å². The van der Waals surface area contributed by atoms with Crippen molar-refractivity contribution in [3.63, 3.8) is 0 Å². The summed E-state index contributed by atoms with van der Waals surface area (Å²) in [4.78, 5) is 4.68. The number of aromatic nitrogens is 3. The number of hydrogen-bond donors (Lipinski definition) is 1. The monoisotopic (exact) mass is 428 g/mol. The lowest BCUT2D eigenvalue weighted by atomic mass is 10.0. The highest BCUT2D eigenvalue weighted by molar-refractivity contribution is 6.00. The van der Waals surface area contributed by atoms with Crippen LogP contribution in [0, 0.1) is 0 Å². The van der Waals surface area contributed by atoms with Gasteiger partial charge < -0.3 is 14.8 Å². The van der Waals surface area contributed by atoms with E-state index in [1.807, 2.05) is 43.1 Å². The number of nitrogens with zero attached hydrogens (tertiary/aromatic N) is 3. The third kappa shape index (κ3) is 4.32. The third-order valence-electron chi connectivity index (χ3n) is 5.74. The topological polar surface area (TPSA) is 61.2 Å². The molecule has 0 spiro atoms. The maximum atomic E-state index is 5.73. The number of hydrogen-bond acceptors (Lipinski definition) is 5. The summed E-state index contributed by atoms with van der Waals surface area (Å²) in [7, 11) is 0. The molecule has 164 valence electrons. The first-order chi connectivity index (χ1) is 15.7. The molecule has 1 aliphatic rings. The van der Waals surface area contributed by atoms with Crippen LogP contribution in [-0.2, 0) is 11.3 Å². The van der Waals surface area contributed by atoms with Crippen molar-refractivity contribution >= 4 is 16.6 Å². The average Bonchev–Trinajstić information content (AvgIpc) is 3.50. The fraction of sp³-hybridized carbons (Fsp3) is 0.308. The van der Waals surface area contributed by atoms with Crippen molar-refractivity contribution in [1.82, 2.24) is 14.8 Å². The molecule has 1 N–H and O–H groups in total. The van der Waals surface area contributed by atoms with Crippen LogP contribution in [0.5, 0.6) is 5.75 Å². The Labute approximate surface area is 188 Å². The number of benzene rings is 2. The molecule has 5 rings (SSSR count). The summed E-state index contributed by atoms with van der Waals surface area (Å²) in [5, 5.41) is 9.26. The zero-order valence-electron chi connectivity index (χ0n) is 18.5. The number of anilines is 1. The van der Waals surface area contributed by atoms with Crippen LogP contribution in [0.2, 0.25) is 0 Å². The molecular weight excluding hydrogens is 400 g/mol. The molecule has 1 aliphatic heterocycles. The Hall–Kier alpha value is -3.38. The molecule has 0 bridgehead atoms. The van der Waals surface area contributed by atoms with Gasteiger partial charge in [0.1, 0.15) is 5.75 Å². The SMILES string of the molecule is CC(C)Oc1ccc(CNc2cccc3c(-c4cnn(C5CCOC5)c4)ccnc23)cc1. The molecule has 1 fully saturated rings. The molecule has 1 unspecified atom stereocenters. The maximum Gasteiger partial charge on any atom is 0.119 e. The summed E-state index contributed by atoms with van der Waals surface area (Å²) >= 11 is 0. The first-order valence-corrected chi connectivity index (χ1v) is 11.2. The number of ether oxygens (including phenoxy) is 2. The van der Waals surface area contributed by atoms with Crippen LogP contribution in [0.15, 0.2) is 67.1 Å². The normalized spacial score (nSPS) is 16.0. The molecule has 1 atom stereocenters. The Morgan fingerprint density at radius 2 is 2.03 bits per heavy atom. The van der Waals surface area contributed by atoms with Gasteiger partial charge in [-0.3, -0.25) is 9.67 Å². The minimum Gasteiger partial charge on any atom is -0.491 e. The van der Waals surface area contributed by atoms with Crippen LogP contribution in [0.25, 0.3) is 22.0 Å². The van der Waals surface area contributed by atoms with E-state index in [9.17, 15) is 0 Å². The molecular formula is C26H28N4O2. The lowest BCUT2D eigenvalue weighted by Crippen LogP contribution is -2.08. The molecule has 6 nitrogen and oxygen atoms in total. The summed E-state index contributed by atoms with van der Waals surface area (Å²) in [6.45, 7) is 6.32. The Bertz CT molecular complexity index is 1190. The summed E-state index contributed by atoms with van der Waals surface area (Å²) in [6, 6.07) is 16.9. The van der Waals surface area contributed by atoms with Crippen molar-refractivity contribution in [2.75, 3.05) is 18.5 Å². The minimum absolute atomic E-state index is 0.175. The predicted octanol–water partition coefficient (Wildman–Crippen LogP) is 5.46. The van der Waals surface area contributed by atoms with Gasteiger partial charge in [0.05, 0.1) is 36.2 Å². The van der Waals surface area contributed by atoms with E-state index in [1.54, 1.807) is 0 Å². The van der Waals surface area contributed by atoms with Crippen LogP contribution >= 0.6 is 0 Å². The van der Waals surface area contributed by atoms with Gasteiger partial charge >= 0.3 is 0 Å². The largest absolute Gasteiger partial charge is 0.491 e. The van der Waals surface area contributed by atoms with Crippen LogP contribution in [-0.4, -0.2) is 34.1 Å². The summed E-state index contributed by atoms with van der Waals surface area (Å²) in [5.74, 6) is 0.893. The first kappa shape index (κ1) is 20.5. The highest BCUT2D eigenvalue weighted by Gasteiger charge is 2.19. The zero-order valence-corrected chi connectivity index (χ0v) is 18.5. The molecule has 3 heterocycles. The smallest absolute Gasteiger partial charge is 0.119 e. The molecule has 0 saturated carbocycles. The molecule has 0 amide bonds. The second kappa shape index (κ2) is 9.01. The lowest BCUT2D eigenvalue weighted by Gasteiger charge is -2.13. The van der Waals surface area contributed by atoms with E-state index < -0.39 is 0 Å². The fourth-order valence-corrected chi connectivity index (χ4v) is 4.13. The van der Waals surface area contributed by atoms with E-state index in [4.69, 9.17) is 9.47 Å². The number of rotatable bonds is 7. The van der Waals surface area contributed by atoms with E-state index in [2.05, 4.69) is 58.0 Å². The maximum absolute atomic E-state index is 5.73. The van der Waals surface area contributed by atoms with Gasteiger partial charge in [-0.25, -0.2) is 0 Å². The Morgan fingerprint density at radius 1 is 1.16 bits per heavy atom. The van der Waals surface area contributed by atoms with Crippen LogP contribution < -0.4 is 10.1 Å². The minimum atomic E-state index is 0.175. The average molecular weight is 429 g/mol. The van der Waals surface area contributed by atoms with Gasteiger partial charge in [0.25, 0.3) is 0 Å². The van der Waals surface area contributed by atoms with Crippen molar-refractivity contribution in [3.05, 3.63) is 72.7 Å². The predicted molar refractivity (Wildman–Crippen MR) is 127 cm³/mol. The summed E-state index contributed by atoms with van der Waals surface area (Å²) < 4.78 is 13.3. The van der Waals surface area contributed by atoms with E-state index in [-0.39, 0.29) is 6.10 Å². The number of fused-ring (bicyclic) bond motifs is 1. The molecule has 32 heavy (non-hydrogen) atoms. The fourth-order valence-electron chi connectivity index (χ4n) is 4.13. The zero-order chi connectivity index (χ0) is 21.9. The van der Waals surface area contributed by atoms with Crippen LogP contribution in [0.3, 0.4) is 0 Å². The highest BCUT2D eigenvalue weighted by atomic mass is 16.5. The van der Waals surface area contributed by atoms with Gasteiger partial charge in [-0.15, -0.1) is 0 Å². The molecule has 2 aromatic carbocycles. The van der Waals surface area contributed by atoms with Gasteiger partial charge in [-0.1, -0.05) is 24.3 Å². The van der Waals surface area contributed by atoms with Gasteiger partial charge in [-0.05, 0) is 55.7 Å². The summed E-state index contributed by atoms with van der Waals surface area (Å²) in [6.07, 6.45) is 7.12. The summed E-state index contributed by atoms with van der Waals surface area (Å²) in [5.41, 5.74) is 5.40. The molecule has 0 radical (unpaired) electrons. The number of nitrogens with one attached hydrogen (secondary N) is 1. The van der Waals surface area contributed by atoms with E-state index in [0.29, 0.717) is 12.6 Å². The van der Waals surface area contributed by atoms with Crippen molar-refractivity contribution < 1.29 is 9.47 Å². The number of pyridine rings is 1. The van der Waals surface area contributed by atoms with Crippen molar-refractivity contribution in [2.45, 2.75) is 39.0 Å². The van der Waals surface area contributed by atoms with Crippen molar-refractivity contribution in [3.8, 4) is 16.9 Å². The van der Waals surface area contributed by atoms with E-state index in [0.717, 1.165) is 53.1 Å². The molecule has 6 heteroatoms. The van der Waals surface area contributed by atoms with Crippen LogP contribution in [0.1, 0.15) is 31.9 Å². The molecule has 1 saturated heterocycles. The molecule has 0 aliphatic carbocycles.